The molecule has 0 saturated carbocycles. The van der Waals surface area contributed by atoms with E-state index in [2.05, 4.69) is 20.5 Å². The Bertz CT molecular complexity index is 1470. The molecule has 12 heteroatoms. The van der Waals surface area contributed by atoms with E-state index in [1.54, 1.807) is 39.8 Å². The van der Waals surface area contributed by atoms with Crippen LogP contribution in [0.4, 0.5) is 5.69 Å². The Labute approximate surface area is 196 Å². The minimum Gasteiger partial charge on any atom is -0.379 e. The number of hydrogen-bond acceptors (Lipinski definition) is 7. The lowest BCUT2D eigenvalue weighted by molar-refractivity contribution is 0.0730. The first kappa shape index (κ1) is 22.2. The van der Waals surface area contributed by atoms with Gasteiger partial charge in [-0.05, 0) is 37.3 Å². The van der Waals surface area contributed by atoms with Gasteiger partial charge in [0, 0.05) is 49.3 Å². The second-order valence-electron chi connectivity index (χ2n) is 7.89. The van der Waals surface area contributed by atoms with Gasteiger partial charge in [-0.3, -0.25) is 9.48 Å². The Hall–Kier alpha value is -3.61. The first-order valence-corrected chi connectivity index (χ1v) is 12.1. The highest BCUT2D eigenvalue weighted by atomic mass is 32.2. The van der Waals surface area contributed by atoms with Crippen LogP contribution in [-0.2, 0) is 21.8 Å². The zero-order valence-corrected chi connectivity index (χ0v) is 19.5. The molecular weight excluding hydrogens is 458 g/mol. The summed E-state index contributed by atoms with van der Waals surface area (Å²) in [7, 11) is -1.74. The number of ether oxygens (including phenoxy) is 1. The number of aromatic nitrogens is 5. The third-order valence-electron chi connectivity index (χ3n) is 5.82. The van der Waals surface area contributed by atoms with Gasteiger partial charge in [0.05, 0.1) is 30.0 Å². The summed E-state index contributed by atoms with van der Waals surface area (Å²) in [6, 6.07) is 9.50. The van der Waals surface area contributed by atoms with E-state index in [0.717, 1.165) is 17.0 Å². The van der Waals surface area contributed by atoms with Crippen LogP contribution in [0.1, 0.15) is 16.2 Å². The van der Waals surface area contributed by atoms with Crippen molar-refractivity contribution in [2.75, 3.05) is 31.6 Å². The van der Waals surface area contributed by atoms with E-state index in [1.807, 2.05) is 20.0 Å². The van der Waals surface area contributed by atoms with E-state index in [1.165, 1.54) is 16.4 Å². The topological polar surface area (TPSA) is 124 Å². The number of aryl methyl sites for hydroxylation is 1. The van der Waals surface area contributed by atoms with Gasteiger partial charge in [-0.15, -0.1) is 0 Å². The first-order valence-electron chi connectivity index (χ1n) is 10.7. The van der Waals surface area contributed by atoms with Crippen LogP contribution in [0.25, 0.3) is 16.9 Å². The third kappa shape index (κ3) is 3.95. The van der Waals surface area contributed by atoms with Crippen molar-refractivity contribution in [3.05, 3.63) is 60.2 Å². The van der Waals surface area contributed by atoms with Gasteiger partial charge in [0.1, 0.15) is 0 Å². The summed E-state index contributed by atoms with van der Waals surface area (Å²) in [5.74, 6) is -0.428. The van der Waals surface area contributed by atoms with Gasteiger partial charge >= 0.3 is 0 Å². The second kappa shape index (κ2) is 8.63. The normalized spacial score (nSPS) is 15.0. The Morgan fingerprint density at radius 2 is 1.85 bits per heavy atom. The van der Waals surface area contributed by atoms with E-state index in [0.29, 0.717) is 37.6 Å². The molecule has 5 rings (SSSR count). The zero-order chi connectivity index (χ0) is 23.9. The molecule has 0 atom stereocenters. The summed E-state index contributed by atoms with van der Waals surface area (Å²) in [4.78, 5) is 17.3. The zero-order valence-electron chi connectivity index (χ0n) is 18.7. The van der Waals surface area contributed by atoms with E-state index in [4.69, 9.17) is 4.74 Å². The third-order valence-corrected chi connectivity index (χ3v) is 7.73. The average molecular weight is 482 g/mol. The molecule has 1 N–H and O–H groups in total. The number of carbonyl (C=O) groups excluding carboxylic acids is 1. The fourth-order valence-electron chi connectivity index (χ4n) is 3.80. The van der Waals surface area contributed by atoms with Gasteiger partial charge < -0.3 is 10.1 Å². The number of amides is 1. The highest BCUT2D eigenvalue weighted by Crippen LogP contribution is 2.24. The quantitative estimate of drug-likeness (QED) is 0.460. The lowest BCUT2D eigenvalue weighted by atomic mass is 10.2. The molecule has 1 amide bonds. The Balaban J connectivity index is 1.37. The predicted molar refractivity (Wildman–Crippen MR) is 124 cm³/mol. The lowest BCUT2D eigenvalue weighted by Gasteiger charge is -2.26. The largest absolute Gasteiger partial charge is 0.379 e. The Kier molecular flexibility index (Phi) is 5.63. The second-order valence-corrected chi connectivity index (χ2v) is 9.83. The number of benzene rings is 1. The molecule has 1 saturated heterocycles. The number of hydrogen-bond donors (Lipinski definition) is 1. The summed E-state index contributed by atoms with van der Waals surface area (Å²) < 4.78 is 35.5. The fourth-order valence-corrected chi connectivity index (χ4v) is 5.21. The van der Waals surface area contributed by atoms with Gasteiger partial charge in [0.15, 0.2) is 11.3 Å². The number of rotatable bonds is 5. The van der Waals surface area contributed by atoms with Crippen molar-refractivity contribution in [1.29, 1.82) is 0 Å². The van der Waals surface area contributed by atoms with Crippen LogP contribution in [0.3, 0.4) is 0 Å². The standard InChI is InChI=1S/C22H23N7O4S/c1-15-18(14-24-27(15)2)20-7-8-23-21-13-19(26-29(20)21)22(30)25-16-3-5-17(6-4-16)34(31,32)28-9-11-33-12-10-28/h3-8,13-14H,9-12H2,1-2H3,(H,25,30). The van der Waals surface area contributed by atoms with E-state index in [9.17, 15) is 13.2 Å². The Morgan fingerprint density at radius 3 is 2.53 bits per heavy atom. The maximum atomic E-state index is 12.9. The molecule has 0 spiro atoms. The SMILES string of the molecule is Cc1c(-c2ccnc3cc(C(=O)Nc4ccc(S(=O)(=O)N5CCOCC5)cc4)nn23)cnn1C. The summed E-state index contributed by atoms with van der Waals surface area (Å²) in [6.07, 6.45) is 3.41. The number of anilines is 1. The molecule has 0 bridgehead atoms. The van der Waals surface area contributed by atoms with Gasteiger partial charge in [-0.2, -0.15) is 14.5 Å². The maximum Gasteiger partial charge on any atom is 0.276 e. The van der Waals surface area contributed by atoms with E-state index in [-0.39, 0.29) is 10.6 Å². The minimum absolute atomic E-state index is 0.167. The van der Waals surface area contributed by atoms with Crippen molar-refractivity contribution in [3.63, 3.8) is 0 Å². The van der Waals surface area contributed by atoms with Crippen molar-refractivity contribution in [3.8, 4) is 11.3 Å². The number of nitrogens with zero attached hydrogens (tertiary/aromatic N) is 6. The molecule has 3 aromatic heterocycles. The molecule has 0 aliphatic carbocycles. The summed E-state index contributed by atoms with van der Waals surface area (Å²) >= 11 is 0. The van der Waals surface area contributed by atoms with Crippen molar-refractivity contribution < 1.29 is 17.9 Å². The Morgan fingerprint density at radius 1 is 1.12 bits per heavy atom. The molecule has 0 unspecified atom stereocenters. The van der Waals surface area contributed by atoms with Gasteiger partial charge in [0.25, 0.3) is 5.91 Å². The van der Waals surface area contributed by atoms with E-state index < -0.39 is 15.9 Å². The van der Waals surface area contributed by atoms with Crippen LogP contribution in [0, 0.1) is 6.92 Å². The van der Waals surface area contributed by atoms with Crippen LogP contribution < -0.4 is 5.32 Å². The number of carbonyl (C=O) groups is 1. The summed E-state index contributed by atoms with van der Waals surface area (Å²) in [5, 5.41) is 11.5. The summed E-state index contributed by atoms with van der Waals surface area (Å²) in [6.45, 7) is 3.36. The highest BCUT2D eigenvalue weighted by molar-refractivity contribution is 7.89. The summed E-state index contributed by atoms with van der Waals surface area (Å²) in [5.41, 5.74) is 3.79. The van der Waals surface area contributed by atoms with Crippen molar-refractivity contribution in [2.45, 2.75) is 11.8 Å². The molecule has 1 aliphatic rings. The molecule has 1 fully saturated rings. The van der Waals surface area contributed by atoms with Crippen LogP contribution >= 0.6 is 0 Å². The number of fused-ring (bicyclic) bond motifs is 1. The van der Waals surface area contributed by atoms with Gasteiger partial charge in [-0.1, -0.05) is 0 Å². The van der Waals surface area contributed by atoms with Crippen molar-refractivity contribution >= 4 is 27.3 Å². The van der Waals surface area contributed by atoms with Crippen LogP contribution in [0.15, 0.2) is 53.7 Å². The molecule has 11 nitrogen and oxygen atoms in total. The molecule has 176 valence electrons. The van der Waals surface area contributed by atoms with Crippen molar-refractivity contribution in [1.82, 2.24) is 28.7 Å². The molecule has 4 heterocycles. The van der Waals surface area contributed by atoms with Gasteiger partial charge in [-0.25, -0.2) is 17.9 Å². The average Bonchev–Trinajstić information content (AvgIpc) is 3.43. The molecule has 1 aromatic carbocycles. The lowest BCUT2D eigenvalue weighted by Crippen LogP contribution is -2.40. The molecule has 34 heavy (non-hydrogen) atoms. The van der Waals surface area contributed by atoms with Crippen molar-refractivity contribution in [2.24, 2.45) is 7.05 Å². The first-order chi connectivity index (χ1) is 16.3. The van der Waals surface area contributed by atoms with E-state index >= 15 is 0 Å². The minimum atomic E-state index is -3.60. The predicted octanol–water partition coefficient (Wildman–Crippen LogP) is 1.71. The van der Waals surface area contributed by atoms with Gasteiger partial charge in [0.2, 0.25) is 10.0 Å². The van der Waals surface area contributed by atoms with Crippen LogP contribution in [0.2, 0.25) is 0 Å². The monoisotopic (exact) mass is 481 g/mol. The molecule has 0 radical (unpaired) electrons. The highest BCUT2D eigenvalue weighted by Gasteiger charge is 2.26. The molecular formula is C22H23N7O4S. The van der Waals surface area contributed by atoms with Crippen LogP contribution in [-0.4, -0.2) is 69.3 Å². The number of morpholine rings is 1. The molecule has 4 aromatic rings. The molecule has 1 aliphatic heterocycles. The van der Waals surface area contributed by atoms with Crippen LogP contribution in [0.5, 0.6) is 0 Å². The number of sulfonamides is 1. The smallest absolute Gasteiger partial charge is 0.276 e. The fraction of sp³-hybridized carbons (Fsp3) is 0.273. The maximum absolute atomic E-state index is 12.9. The number of nitrogens with one attached hydrogen (secondary N) is 1.